The molecule has 0 N–H and O–H groups in total. The number of rotatable bonds is 3. The molecule has 1 aromatic heterocycles. The lowest BCUT2D eigenvalue weighted by atomic mass is 10.1. The molecule has 0 atom stereocenters. The first-order valence-electron chi connectivity index (χ1n) is 5.96. The molecule has 0 amide bonds. The van der Waals surface area contributed by atoms with Crippen LogP contribution >= 0.6 is 23.2 Å². The number of carbonyl (C=O) groups is 1. The van der Waals surface area contributed by atoms with Crippen molar-refractivity contribution >= 4 is 40.1 Å². The summed E-state index contributed by atoms with van der Waals surface area (Å²) in [6, 6.07) is 12.2. The number of Topliss-reactive ketones (excluding diaryl/α,β-unsaturated/α-hetero) is 1. The van der Waals surface area contributed by atoms with Gasteiger partial charge in [0.05, 0.1) is 16.5 Å². The Morgan fingerprint density at radius 3 is 2.65 bits per heavy atom. The first-order chi connectivity index (χ1) is 9.63. The van der Waals surface area contributed by atoms with E-state index in [2.05, 4.69) is 4.98 Å². The number of halogens is 2. The summed E-state index contributed by atoms with van der Waals surface area (Å²) in [7, 11) is 0. The number of hydrogen-bond donors (Lipinski definition) is 0. The molecule has 3 aromatic rings. The van der Waals surface area contributed by atoms with E-state index in [0.717, 1.165) is 5.52 Å². The van der Waals surface area contributed by atoms with Crippen LogP contribution in [0.2, 0.25) is 10.0 Å². The first kappa shape index (κ1) is 13.2. The number of aromatic nitrogens is 1. The van der Waals surface area contributed by atoms with Crippen LogP contribution in [0.3, 0.4) is 0 Å². The lowest BCUT2D eigenvalue weighted by Gasteiger charge is -2.00. The van der Waals surface area contributed by atoms with Gasteiger partial charge in [-0.15, -0.1) is 0 Å². The molecule has 0 fully saturated rings. The van der Waals surface area contributed by atoms with E-state index >= 15 is 0 Å². The maximum atomic E-state index is 12.2. The monoisotopic (exact) mass is 305 g/mol. The van der Waals surface area contributed by atoms with Crippen LogP contribution in [0.15, 0.2) is 46.9 Å². The summed E-state index contributed by atoms with van der Waals surface area (Å²) in [6.45, 7) is 0. The number of ketones is 1. The smallest absolute Gasteiger partial charge is 0.203 e. The summed E-state index contributed by atoms with van der Waals surface area (Å²) in [5, 5.41) is 0.778. The minimum atomic E-state index is -0.116. The summed E-state index contributed by atoms with van der Waals surface area (Å²) in [6.07, 6.45) is 0.0899. The minimum Gasteiger partial charge on any atom is -0.440 e. The number of hydrogen-bond acceptors (Lipinski definition) is 3. The highest BCUT2D eigenvalue weighted by Gasteiger charge is 2.13. The Kier molecular flexibility index (Phi) is 3.47. The molecule has 0 spiro atoms. The zero-order chi connectivity index (χ0) is 14.1. The molecule has 3 nitrogen and oxygen atoms in total. The van der Waals surface area contributed by atoms with Crippen molar-refractivity contribution in [3.05, 3.63) is 64.0 Å². The van der Waals surface area contributed by atoms with Crippen LogP contribution in [0.25, 0.3) is 11.1 Å². The molecule has 5 heteroatoms. The summed E-state index contributed by atoms with van der Waals surface area (Å²) in [5.41, 5.74) is 1.90. The zero-order valence-corrected chi connectivity index (χ0v) is 11.8. The number of oxazole rings is 1. The molecule has 3 rings (SSSR count). The van der Waals surface area contributed by atoms with E-state index in [0.29, 0.717) is 27.1 Å². The number of benzene rings is 2. The van der Waals surface area contributed by atoms with Gasteiger partial charge in [-0.25, -0.2) is 4.98 Å². The van der Waals surface area contributed by atoms with Crippen molar-refractivity contribution in [2.75, 3.05) is 0 Å². The Balaban J connectivity index is 1.86. The molecular weight excluding hydrogens is 297 g/mol. The van der Waals surface area contributed by atoms with E-state index in [4.69, 9.17) is 27.6 Å². The van der Waals surface area contributed by atoms with Gasteiger partial charge in [-0.2, -0.15) is 0 Å². The van der Waals surface area contributed by atoms with Gasteiger partial charge in [0.15, 0.2) is 11.4 Å². The average Bonchev–Trinajstić information content (AvgIpc) is 2.83. The molecule has 0 bridgehead atoms. The van der Waals surface area contributed by atoms with E-state index < -0.39 is 0 Å². The van der Waals surface area contributed by atoms with Crippen molar-refractivity contribution < 1.29 is 9.21 Å². The molecule has 2 aromatic carbocycles. The van der Waals surface area contributed by atoms with Crippen LogP contribution < -0.4 is 0 Å². The molecule has 0 radical (unpaired) electrons. The van der Waals surface area contributed by atoms with Gasteiger partial charge in [0.1, 0.15) is 5.52 Å². The Morgan fingerprint density at radius 1 is 1.10 bits per heavy atom. The van der Waals surface area contributed by atoms with Crippen LogP contribution in [0.1, 0.15) is 16.2 Å². The van der Waals surface area contributed by atoms with Gasteiger partial charge in [0.2, 0.25) is 5.89 Å². The normalized spacial score (nSPS) is 10.9. The van der Waals surface area contributed by atoms with Gasteiger partial charge in [-0.05, 0) is 30.3 Å². The van der Waals surface area contributed by atoms with Crippen LogP contribution in [0.5, 0.6) is 0 Å². The standard InChI is InChI=1S/C15H9Cl2NO2/c16-10-6-5-9(7-11(10)17)13(19)8-15-18-12-3-1-2-4-14(12)20-15/h1-7H,8H2. The fourth-order valence-corrected chi connectivity index (χ4v) is 2.20. The van der Waals surface area contributed by atoms with Crippen molar-refractivity contribution in [3.63, 3.8) is 0 Å². The molecule has 0 aliphatic heterocycles. The lowest BCUT2D eigenvalue weighted by Crippen LogP contribution is -2.03. The molecule has 0 saturated heterocycles. The Hall–Kier alpha value is -1.84. The van der Waals surface area contributed by atoms with Gasteiger partial charge >= 0.3 is 0 Å². The maximum Gasteiger partial charge on any atom is 0.203 e. The number of carbonyl (C=O) groups excluding carboxylic acids is 1. The van der Waals surface area contributed by atoms with Gasteiger partial charge in [-0.1, -0.05) is 35.3 Å². The minimum absolute atomic E-state index is 0.0899. The summed E-state index contributed by atoms with van der Waals surface area (Å²) in [5.74, 6) is 0.275. The van der Waals surface area contributed by atoms with Crippen LogP contribution in [-0.4, -0.2) is 10.8 Å². The summed E-state index contributed by atoms with van der Waals surface area (Å²) < 4.78 is 5.52. The quantitative estimate of drug-likeness (QED) is 0.666. The lowest BCUT2D eigenvalue weighted by molar-refractivity contribution is 0.0986. The van der Waals surface area contributed by atoms with E-state index in [-0.39, 0.29) is 12.2 Å². The van der Waals surface area contributed by atoms with Crippen LogP contribution in [0, 0.1) is 0 Å². The predicted octanol–water partition coefficient (Wildman–Crippen LogP) is 4.56. The molecule has 100 valence electrons. The Morgan fingerprint density at radius 2 is 1.90 bits per heavy atom. The number of nitrogens with zero attached hydrogens (tertiary/aromatic N) is 1. The second-order valence-corrected chi connectivity index (χ2v) is 5.12. The molecule has 20 heavy (non-hydrogen) atoms. The highest BCUT2D eigenvalue weighted by Crippen LogP contribution is 2.23. The van der Waals surface area contributed by atoms with Crippen molar-refractivity contribution in [2.24, 2.45) is 0 Å². The molecule has 0 aliphatic carbocycles. The van der Waals surface area contributed by atoms with Crippen molar-refractivity contribution in [1.29, 1.82) is 0 Å². The van der Waals surface area contributed by atoms with E-state index in [1.807, 2.05) is 24.3 Å². The Labute approximate surface area is 125 Å². The topological polar surface area (TPSA) is 43.1 Å². The number of fused-ring (bicyclic) bond motifs is 1. The van der Waals surface area contributed by atoms with E-state index in [1.54, 1.807) is 18.2 Å². The van der Waals surface area contributed by atoms with Gasteiger partial charge in [-0.3, -0.25) is 4.79 Å². The molecule has 0 unspecified atom stereocenters. The van der Waals surface area contributed by atoms with Crippen LogP contribution in [0.4, 0.5) is 0 Å². The maximum absolute atomic E-state index is 12.2. The second-order valence-electron chi connectivity index (χ2n) is 4.30. The largest absolute Gasteiger partial charge is 0.440 e. The summed E-state index contributed by atoms with van der Waals surface area (Å²) >= 11 is 11.7. The van der Waals surface area contributed by atoms with Gasteiger partial charge < -0.3 is 4.42 Å². The molecule has 0 saturated carbocycles. The molecule has 0 aliphatic rings. The number of para-hydroxylation sites is 2. The average molecular weight is 306 g/mol. The molecular formula is C15H9Cl2NO2. The van der Waals surface area contributed by atoms with Crippen LogP contribution in [-0.2, 0) is 6.42 Å². The van der Waals surface area contributed by atoms with E-state index in [1.165, 1.54) is 0 Å². The second kappa shape index (κ2) is 5.27. The van der Waals surface area contributed by atoms with Crippen molar-refractivity contribution in [3.8, 4) is 0 Å². The summed E-state index contributed by atoms with van der Waals surface area (Å²) in [4.78, 5) is 16.4. The highest BCUT2D eigenvalue weighted by atomic mass is 35.5. The third-order valence-corrected chi connectivity index (χ3v) is 3.63. The SMILES string of the molecule is O=C(Cc1nc2ccccc2o1)c1ccc(Cl)c(Cl)c1. The van der Waals surface area contributed by atoms with Crippen molar-refractivity contribution in [1.82, 2.24) is 4.98 Å². The highest BCUT2D eigenvalue weighted by molar-refractivity contribution is 6.42. The van der Waals surface area contributed by atoms with E-state index in [9.17, 15) is 4.79 Å². The zero-order valence-electron chi connectivity index (χ0n) is 10.3. The third kappa shape index (κ3) is 2.55. The fourth-order valence-electron chi connectivity index (χ4n) is 1.90. The molecule has 1 heterocycles. The third-order valence-electron chi connectivity index (χ3n) is 2.89. The van der Waals surface area contributed by atoms with Gasteiger partial charge in [0.25, 0.3) is 0 Å². The predicted molar refractivity (Wildman–Crippen MR) is 78.5 cm³/mol. The first-order valence-corrected chi connectivity index (χ1v) is 6.72. The Bertz CT molecular complexity index is 762. The fraction of sp³-hybridized carbons (Fsp3) is 0.0667. The van der Waals surface area contributed by atoms with Crippen molar-refractivity contribution in [2.45, 2.75) is 6.42 Å². The van der Waals surface area contributed by atoms with Gasteiger partial charge in [0, 0.05) is 5.56 Å².